The summed E-state index contributed by atoms with van der Waals surface area (Å²) < 4.78 is 36.7. The van der Waals surface area contributed by atoms with E-state index < -0.39 is 11.6 Å². The second kappa shape index (κ2) is 6.89. The molecule has 0 aliphatic rings. The van der Waals surface area contributed by atoms with Crippen molar-refractivity contribution in [1.29, 1.82) is 0 Å². The third-order valence-electron chi connectivity index (χ3n) is 3.18. The molecule has 0 aliphatic heterocycles. The Balaban J connectivity index is 2.23. The van der Waals surface area contributed by atoms with Gasteiger partial charge in [-0.3, -0.25) is 0 Å². The van der Waals surface area contributed by atoms with Crippen LogP contribution in [0.4, 0.5) is 8.78 Å². The van der Waals surface area contributed by atoms with Crippen LogP contribution >= 0.6 is 15.9 Å². The van der Waals surface area contributed by atoms with Gasteiger partial charge in [0.25, 0.3) is 0 Å². The largest absolute Gasteiger partial charge is 0.497 e. The molecule has 0 N–H and O–H groups in total. The lowest BCUT2D eigenvalue weighted by Gasteiger charge is -2.15. The molecule has 0 saturated heterocycles. The molecule has 1 atom stereocenters. The van der Waals surface area contributed by atoms with Gasteiger partial charge in [0.2, 0.25) is 0 Å². The van der Waals surface area contributed by atoms with Gasteiger partial charge in [0.1, 0.15) is 11.5 Å². The van der Waals surface area contributed by atoms with Gasteiger partial charge in [0, 0.05) is 16.5 Å². The maximum absolute atomic E-state index is 13.2. The number of halogens is 3. The number of hydrogen-bond acceptors (Lipinski definition) is 2. The third-order valence-corrected chi connectivity index (χ3v) is 3.99. The first-order chi connectivity index (χ1) is 10.0. The van der Waals surface area contributed by atoms with Crippen LogP contribution in [0.1, 0.15) is 16.0 Å². The fourth-order valence-corrected chi connectivity index (χ4v) is 2.81. The summed E-state index contributed by atoms with van der Waals surface area (Å²) in [6.45, 7) is 0. The van der Waals surface area contributed by atoms with Gasteiger partial charge in [-0.2, -0.15) is 0 Å². The van der Waals surface area contributed by atoms with Crippen LogP contribution in [0, 0.1) is 11.6 Å². The van der Waals surface area contributed by atoms with E-state index in [9.17, 15) is 8.78 Å². The maximum Gasteiger partial charge on any atom is 0.159 e. The molecule has 2 rings (SSSR count). The smallest absolute Gasteiger partial charge is 0.159 e. The molecule has 1 unspecified atom stereocenters. The number of alkyl halides is 1. The van der Waals surface area contributed by atoms with E-state index in [0.29, 0.717) is 23.5 Å². The van der Waals surface area contributed by atoms with Crippen LogP contribution < -0.4 is 9.47 Å². The summed E-state index contributed by atoms with van der Waals surface area (Å²) in [7, 11) is 3.16. The number of methoxy groups -OCH3 is 2. The summed E-state index contributed by atoms with van der Waals surface area (Å²) in [6.07, 6.45) is 0.514. The van der Waals surface area contributed by atoms with Crippen molar-refractivity contribution in [2.75, 3.05) is 14.2 Å². The zero-order chi connectivity index (χ0) is 15.4. The van der Waals surface area contributed by atoms with Crippen molar-refractivity contribution in [1.82, 2.24) is 0 Å². The number of hydrogen-bond donors (Lipinski definition) is 0. The highest BCUT2D eigenvalue weighted by Gasteiger charge is 2.15. The van der Waals surface area contributed by atoms with Gasteiger partial charge in [0.05, 0.1) is 14.2 Å². The molecule has 2 aromatic carbocycles. The Kier molecular flexibility index (Phi) is 5.17. The van der Waals surface area contributed by atoms with E-state index >= 15 is 0 Å². The minimum absolute atomic E-state index is 0.0804. The van der Waals surface area contributed by atoms with E-state index in [-0.39, 0.29) is 4.83 Å². The lowest BCUT2D eigenvalue weighted by molar-refractivity contribution is 0.391. The fraction of sp³-hybridized carbons (Fsp3) is 0.250. The van der Waals surface area contributed by atoms with Gasteiger partial charge in [-0.25, -0.2) is 8.78 Å². The van der Waals surface area contributed by atoms with Crippen LogP contribution in [-0.4, -0.2) is 14.2 Å². The van der Waals surface area contributed by atoms with Crippen LogP contribution in [0.5, 0.6) is 11.5 Å². The first-order valence-electron chi connectivity index (χ1n) is 6.35. The number of ether oxygens (including phenoxy) is 2. The monoisotopic (exact) mass is 356 g/mol. The van der Waals surface area contributed by atoms with Gasteiger partial charge in [0.15, 0.2) is 11.6 Å². The number of benzene rings is 2. The maximum atomic E-state index is 13.2. The summed E-state index contributed by atoms with van der Waals surface area (Å²) in [5.74, 6) is -0.303. The normalized spacial score (nSPS) is 12.0. The summed E-state index contributed by atoms with van der Waals surface area (Å²) in [5, 5.41) is 0. The number of rotatable bonds is 5. The molecule has 2 aromatic rings. The summed E-state index contributed by atoms with van der Waals surface area (Å²) in [4.78, 5) is -0.0804. The average molecular weight is 357 g/mol. The Bertz CT molecular complexity index is 632. The Hall–Kier alpha value is -1.62. The van der Waals surface area contributed by atoms with Crippen LogP contribution in [0.3, 0.4) is 0 Å². The topological polar surface area (TPSA) is 18.5 Å². The van der Waals surface area contributed by atoms with Crippen molar-refractivity contribution in [3.8, 4) is 11.5 Å². The molecule has 0 amide bonds. The van der Waals surface area contributed by atoms with Crippen molar-refractivity contribution in [3.05, 3.63) is 59.2 Å². The minimum Gasteiger partial charge on any atom is -0.497 e. The second-order valence-corrected chi connectivity index (χ2v) is 5.63. The lowest BCUT2D eigenvalue weighted by Crippen LogP contribution is -2.00. The van der Waals surface area contributed by atoms with Gasteiger partial charge >= 0.3 is 0 Å². The highest BCUT2D eigenvalue weighted by molar-refractivity contribution is 9.09. The van der Waals surface area contributed by atoms with E-state index in [1.165, 1.54) is 6.07 Å². The summed E-state index contributed by atoms with van der Waals surface area (Å²) in [6, 6.07) is 9.42. The molecule has 0 fully saturated rings. The lowest BCUT2D eigenvalue weighted by atomic mass is 10.0. The van der Waals surface area contributed by atoms with Crippen LogP contribution in [-0.2, 0) is 6.42 Å². The summed E-state index contributed by atoms with van der Waals surface area (Å²) in [5.41, 5.74) is 1.62. The Morgan fingerprint density at radius 3 is 2.38 bits per heavy atom. The molecule has 112 valence electrons. The van der Waals surface area contributed by atoms with E-state index in [1.807, 2.05) is 12.1 Å². The standard InChI is InChI=1S/C16H15BrF2O2/c1-20-11-4-5-12(16(9-11)21-2)13(17)7-10-3-6-14(18)15(19)8-10/h3-6,8-9,13H,7H2,1-2H3. The van der Waals surface area contributed by atoms with Crippen molar-refractivity contribution < 1.29 is 18.3 Å². The first-order valence-corrected chi connectivity index (χ1v) is 7.26. The van der Waals surface area contributed by atoms with Crippen molar-refractivity contribution in [2.45, 2.75) is 11.2 Å². The SMILES string of the molecule is COc1ccc(C(Br)Cc2ccc(F)c(F)c2)c(OC)c1. The van der Waals surface area contributed by atoms with E-state index in [2.05, 4.69) is 15.9 Å². The molecule has 0 heterocycles. The van der Waals surface area contributed by atoms with E-state index in [0.717, 1.165) is 11.6 Å². The molecule has 0 aliphatic carbocycles. The first kappa shape index (κ1) is 15.8. The molecule has 21 heavy (non-hydrogen) atoms. The minimum atomic E-state index is -0.841. The Morgan fingerprint density at radius 1 is 1.00 bits per heavy atom. The molecule has 0 spiro atoms. The average Bonchev–Trinajstić information content (AvgIpc) is 2.50. The molecule has 0 bridgehead atoms. The molecule has 2 nitrogen and oxygen atoms in total. The van der Waals surface area contributed by atoms with Gasteiger partial charge in [-0.15, -0.1) is 0 Å². The molecular weight excluding hydrogens is 342 g/mol. The van der Waals surface area contributed by atoms with Gasteiger partial charge in [-0.05, 0) is 30.2 Å². The molecule has 0 radical (unpaired) electrons. The van der Waals surface area contributed by atoms with Crippen molar-refractivity contribution in [2.24, 2.45) is 0 Å². The van der Waals surface area contributed by atoms with E-state index in [1.54, 1.807) is 26.4 Å². The van der Waals surface area contributed by atoms with Crippen LogP contribution in [0.15, 0.2) is 36.4 Å². The highest BCUT2D eigenvalue weighted by atomic mass is 79.9. The van der Waals surface area contributed by atoms with Crippen LogP contribution in [0.2, 0.25) is 0 Å². The third kappa shape index (κ3) is 3.73. The quantitative estimate of drug-likeness (QED) is 0.725. The molecule has 0 aromatic heterocycles. The predicted octanol–water partition coefficient (Wildman–Crippen LogP) is 4.66. The molecule has 0 saturated carbocycles. The zero-order valence-electron chi connectivity index (χ0n) is 11.7. The van der Waals surface area contributed by atoms with Crippen molar-refractivity contribution in [3.63, 3.8) is 0 Å². The Morgan fingerprint density at radius 2 is 1.76 bits per heavy atom. The Labute approximate surface area is 130 Å². The highest BCUT2D eigenvalue weighted by Crippen LogP contribution is 2.36. The summed E-state index contributed by atoms with van der Waals surface area (Å²) >= 11 is 3.57. The second-order valence-electron chi connectivity index (χ2n) is 4.53. The van der Waals surface area contributed by atoms with Crippen molar-refractivity contribution >= 4 is 15.9 Å². The molecule has 5 heteroatoms. The molecular formula is C16H15BrF2O2. The van der Waals surface area contributed by atoms with Gasteiger partial charge < -0.3 is 9.47 Å². The fourth-order valence-electron chi connectivity index (χ4n) is 2.06. The van der Waals surface area contributed by atoms with Gasteiger partial charge in [-0.1, -0.05) is 28.1 Å². The van der Waals surface area contributed by atoms with Crippen LogP contribution in [0.25, 0.3) is 0 Å². The van der Waals surface area contributed by atoms with E-state index in [4.69, 9.17) is 9.47 Å². The zero-order valence-corrected chi connectivity index (χ0v) is 13.3. The predicted molar refractivity (Wildman–Crippen MR) is 81.3 cm³/mol.